The van der Waals surface area contributed by atoms with Crippen molar-refractivity contribution in [2.75, 3.05) is 48.8 Å². The SMILES string of the molecule is Cc1cc(N2CCN(C)CC2)ccc1Nc1ncc2c(n1)-n1ccc(C(=O)Nc3c(C)cccc3C)c1CC2. The van der Waals surface area contributed by atoms with Gasteiger partial charge in [-0.3, -0.25) is 4.79 Å². The maximum atomic E-state index is 13.3. The highest BCUT2D eigenvalue weighted by Gasteiger charge is 2.24. The number of aromatic nitrogens is 3. The van der Waals surface area contributed by atoms with Crippen molar-refractivity contribution in [3.63, 3.8) is 0 Å². The van der Waals surface area contributed by atoms with Gasteiger partial charge in [0.05, 0.1) is 5.56 Å². The first-order valence-corrected chi connectivity index (χ1v) is 13.6. The predicted octanol–water partition coefficient (Wildman–Crippen LogP) is 5.04. The van der Waals surface area contributed by atoms with Gasteiger partial charge < -0.3 is 25.0 Å². The largest absolute Gasteiger partial charge is 0.369 e. The maximum absolute atomic E-state index is 13.3. The number of likely N-dealkylation sites (N-methyl/N-ethyl adjacent to an activating group) is 1. The van der Waals surface area contributed by atoms with Crippen LogP contribution in [0.3, 0.4) is 0 Å². The first kappa shape index (κ1) is 25.1. The summed E-state index contributed by atoms with van der Waals surface area (Å²) >= 11 is 0. The molecule has 0 radical (unpaired) electrons. The van der Waals surface area contributed by atoms with Gasteiger partial charge in [-0.05, 0) is 81.6 Å². The zero-order valence-electron chi connectivity index (χ0n) is 23.1. The van der Waals surface area contributed by atoms with E-state index in [1.807, 2.05) is 55.1 Å². The normalized spacial score (nSPS) is 15.0. The third-order valence-electron chi connectivity index (χ3n) is 7.98. The van der Waals surface area contributed by atoms with Crippen molar-refractivity contribution >= 4 is 28.9 Å². The van der Waals surface area contributed by atoms with Crippen molar-refractivity contribution in [2.24, 2.45) is 0 Å². The Hall–Kier alpha value is -4.17. The van der Waals surface area contributed by atoms with Crippen LogP contribution in [0.15, 0.2) is 54.9 Å². The molecule has 0 unspecified atom stereocenters. The second kappa shape index (κ2) is 10.2. The van der Waals surface area contributed by atoms with E-state index in [9.17, 15) is 4.79 Å². The number of fused-ring (bicyclic) bond motifs is 3. The molecule has 0 bridgehead atoms. The molecule has 2 aliphatic rings. The van der Waals surface area contributed by atoms with Crippen LogP contribution in [0.4, 0.5) is 23.0 Å². The molecule has 1 amide bonds. The van der Waals surface area contributed by atoms with Crippen LogP contribution in [0.2, 0.25) is 0 Å². The topological polar surface area (TPSA) is 78.3 Å². The molecule has 2 aliphatic heterocycles. The highest BCUT2D eigenvalue weighted by Crippen LogP contribution is 2.30. The molecule has 2 aromatic carbocycles. The highest BCUT2D eigenvalue weighted by molar-refractivity contribution is 6.06. The zero-order valence-corrected chi connectivity index (χ0v) is 23.1. The van der Waals surface area contributed by atoms with Gasteiger partial charge in [-0.15, -0.1) is 0 Å². The fraction of sp³-hybridized carbons (Fsp3) is 0.323. The first-order chi connectivity index (χ1) is 18.9. The Kier molecular flexibility index (Phi) is 6.56. The number of piperazine rings is 1. The van der Waals surface area contributed by atoms with Crippen LogP contribution in [-0.4, -0.2) is 58.6 Å². The van der Waals surface area contributed by atoms with Crippen molar-refractivity contribution in [2.45, 2.75) is 33.6 Å². The second-order valence-electron chi connectivity index (χ2n) is 10.7. The fourth-order valence-electron chi connectivity index (χ4n) is 5.58. The van der Waals surface area contributed by atoms with Crippen LogP contribution >= 0.6 is 0 Å². The van der Waals surface area contributed by atoms with Crippen LogP contribution in [0.25, 0.3) is 5.82 Å². The summed E-state index contributed by atoms with van der Waals surface area (Å²) in [4.78, 5) is 27.6. The number of hydrogen-bond acceptors (Lipinski definition) is 6. The molecule has 0 aliphatic carbocycles. The lowest BCUT2D eigenvalue weighted by Gasteiger charge is -2.34. The summed E-state index contributed by atoms with van der Waals surface area (Å²) in [5, 5.41) is 6.56. The lowest BCUT2D eigenvalue weighted by Crippen LogP contribution is -2.44. The minimum Gasteiger partial charge on any atom is -0.369 e. The van der Waals surface area contributed by atoms with E-state index in [-0.39, 0.29) is 5.91 Å². The maximum Gasteiger partial charge on any atom is 0.257 e. The van der Waals surface area contributed by atoms with Crippen molar-refractivity contribution in [3.8, 4) is 5.82 Å². The lowest BCUT2D eigenvalue weighted by molar-refractivity contribution is 0.102. The number of carbonyl (C=O) groups excluding carboxylic acids is 1. The molecular formula is C31H35N7O. The Balaban J connectivity index is 1.23. The van der Waals surface area contributed by atoms with Gasteiger partial charge in [-0.1, -0.05) is 18.2 Å². The molecule has 2 aromatic heterocycles. The molecule has 8 nitrogen and oxygen atoms in total. The second-order valence-corrected chi connectivity index (χ2v) is 10.7. The molecule has 0 atom stereocenters. The average molecular weight is 522 g/mol. The summed E-state index contributed by atoms with van der Waals surface area (Å²) in [6.07, 6.45) is 5.40. The van der Waals surface area contributed by atoms with E-state index < -0.39 is 0 Å². The summed E-state index contributed by atoms with van der Waals surface area (Å²) in [6.45, 7) is 10.4. The molecule has 200 valence electrons. The van der Waals surface area contributed by atoms with Crippen LogP contribution in [-0.2, 0) is 12.8 Å². The van der Waals surface area contributed by atoms with E-state index in [1.54, 1.807) is 0 Å². The van der Waals surface area contributed by atoms with Gasteiger partial charge in [0.25, 0.3) is 5.91 Å². The number of benzene rings is 2. The molecular weight excluding hydrogens is 486 g/mol. The van der Waals surface area contributed by atoms with Gasteiger partial charge >= 0.3 is 0 Å². The molecule has 8 heteroatoms. The predicted molar refractivity (Wildman–Crippen MR) is 157 cm³/mol. The van der Waals surface area contributed by atoms with Crippen LogP contribution in [0, 0.1) is 20.8 Å². The summed E-state index contributed by atoms with van der Waals surface area (Å²) < 4.78 is 2.04. The standard InChI is InChI=1S/C31H35N7O/c1-20-6-5-7-21(2)28(20)34-30(39)25-12-13-38-27(25)11-8-23-19-32-31(35-29(23)38)33-26-10-9-24(18-22(26)3)37-16-14-36(4)15-17-37/h5-7,9-10,12-13,18-19H,8,11,14-17H2,1-4H3,(H,34,39)(H,32,33,35). The molecule has 1 saturated heterocycles. The quantitative estimate of drug-likeness (QED) is 0.383. The molecule has 6 rings (SSSR count). The third kappa shape index (κ3) is 4.88. The van der Waals surface area contributed by atoms with Crippen molar-refractivity contribution in [1.82, 2.24) is 19.4 Å². The van der Waals surface area contributed by atoms with Gasteiger partial charge in [0.15, 0.2) is 0 Å². The molecule has 0 spiro atoms. The molecule has 4 aromatic rings. The number of nitrogens with one attached hydrogen (secondary N) is 2. The molecule has 2 N–H and O–H groups in total. The number of para-hydroxylation sites is 1. The van der Waals surface area contributed by atoms with Gasteiger partial charge in [-0.25, -0.2) is 4.98 Å². The summed E-state index contributed by atoms with van der Waals surface area (Å²) in [5.41, 5.74) is 9.12. The molecule has 39 heavy (non-hydrogen) atoms. The Morgan fingerprint density at radius 3 is 2.44 bits per heavy atom. The number of rotatable bonds is 5. The minimum atomic E-state index is -0.0898. The Bertz CT molecular complexity index is 1530. The molecule has 4 heterocycles. The van der Waals surface area contributed by atoms with E-state index in [1.165, 1.54) is 5.69 Å². The van der Waals surface area contributed by atoms with Crippen molar-refractivity contribution in [3.05, 3.63) is 88.4 Å². The van der Waals surface area contributed by atoms with E-state index in [4.69, 9.17) is 4.98 Å². The highest BCUT2D eigenvalue weighted by atomic mass is 16.1. The van der Waals surface area contributed by atoms with Crippen LogP contribution < -0.4 is 15.5 Å². The van der Waals surface area contributed by atoms with Gasteiger partial charge in [0.1, 0.15) is 5.82 Å². The third-order valence-corrected chi connectivity index (χ3v) is 7.98. The Morgan fingerprint density at radius 1 is 0.923 bits per heavy atom. The lowest BCUT2D eigenvalue weighted by atomic mass is 10.0. The number of amides is 1. The van der Waals surface area contributed by atoms with Crippen LogP contribution in [0.5, 0.6) is 0 Å². The number of nitrogens with zero attached hydrogens (tertiary/aromatic N) is 5. The van der Waals surface area contributed by atoms with Gasteiger partial charge in [0.2, 0.25) is 5.95 Å². The van der Waals surface area contributed by atoms with Gasteiger partial charge in [-0.2, -0.15) is 4.98 Å². The molecule has 1 fully saturated rings. The van der Waals surface area contributed by atoms with E-state index in [2.05, 4.69) is 57.6 Å². The average Bonchev–Trinajstić information content (AvgIpc) is 3.37. The number of aryl methyl sites for hydroxylation is 4. The smallest absolute Gasteiger partial charge is 0.257 e. The van der Waals surface area contributed by atoms with Crippen LogP contribution in [0.1, 0.15) is 38.3 Å². The Labute approximate surface area is 229 Å². The zero-order chi connectivity index (χ0) is 27.1. The summed E-state index contributed by atoms with van der Waals surface area (Å²) in [5.74, 6) is 1.28. The van der Waals surface area contributed by atoms with Crippen molar-refractivity contribution < 1.29 is 4.79 Å². The summed E-state index contributed by atoms with van der Waals surface area (Å²) in [6, 6.07) is 14.4. The fourth-order valence-corrected chi connectivity index (χ4v) is 5.58. The minimum absolute atomic E-state index is 0.0898. The Morgan fingerprint density at radius 2 is 1.69 bits per heavy atom. The number of hydrogen-bond donors (Lipinski definition) is 2. The monoisotopic (exact) mass is 521 g/mol. The summed E-state index contributed by atoms with van der Waals surface area (Å²) in [7, 11) is 2.17. The van der Waals surface area contributed by atoms with Gasteiger partial charge in [0, 0.05) is 66.9 Å². The van der Waals surface area contributed by atoms with E-state index in [0.717, 1.165) is 84.2 Å². The van der Waals surface area contributed by atoms with E-state index >= 15 is 0 Å². The number of carbonyl (C=O) groups is 1. The van der Waals surface area contributed by atoms with E-state index in [0.29, 0.717) is 11.5 Å². The van der Waals surface area contributed by atoms with Crippen molar-refractivity contribution in [1.29, 1.82) is 0 Å². The molecule has 0 saturated carbocycles. The number of anilines is 4. The first-order valence-electron chi connectivity index (χ1n) is 13.6.